The fourth-order valence-corrected chi connectivity index (χ4v) is 5.13. The third-order valence-corrected chi connectivity index (χ3v) is 6.96. The molecule has 11 heteroatoms. The van der Waals surface area contributed by atoms with Crippen LogP contribution in [0.1, 0.15) is 48.9 Å². The second-order valence-electron chi connectivity index (χ2n) is 10.3. The number of hydrogen-bond donors (Lipinski definition) is 4. The molecule has 0 bridgehead atoms. The number of carboxylic acid groups (broad SMARTS) is 1. The van der Waals surface area contributed by atoms with Crippen molar-refractivity contribution in [2.24, 2.45) is 0 Å². The molecule has 44 heavy (non-hydrogen) atoms. The van der Waals surface area contributed by atoms with Crippen molar-refractivity contribution in [1.29, 1.82) is 0 Å². The molecular formula is C33H32ClF2N2NaO5. The molecule has 1 heterocycles. The summed E-state index contributed by atoms with van der Waals surface area (Å²) in [5.41, 5.74) is 3.18. The van der Waals surface area contributed by atoms with Crippen molar-refractivity contribution < 1.29 is 33.7 Å². The molecule has 4 N–H and O–H groups in total. The molecule has 3 aromatic carbocycles. The van der Waals surface area contributed by atoms with Crippen LogP contribution in [0.5, 0.6) is 0 Å². The van der Waals surface area contributed by atoms with E-state index in [1.165, 1.54) is 30.3 Å². The Morgan fingerprint density at radius 2 is 1.50 bits per heavy atom. The predicted octanol–water partition coefficient (Wildman–Crippen LogP) is 6.54. The molecule has 4 rings (SSSR count). The van der Waals surface area contributed by atoms with Gasteiger partial charge >= 0.3 is 35.5 Å². The zero-order valence-electron chi connectivity index (χ0n) is 23.5. The number of rotatable bonds is 11. The Kier molecular flexibility index (Phi) is 12.5. The van der Waals surface area contributed by atoms with E-state index in [4.69, 9.17) is 16.7 Å². The summed E-state index contributed by atoms with van der Waals surface area (Å²) in [4.78, 5) is 25.0. The quantitative estimate of drug-likeness (QED) is 0.140. The number of carboxylic acids is 1. The van der Waals surface area contributed by atoms with Crippen LogP contribution >= 0.6 is 11.6 Å². The summed E-state index contributed by atoms with van der Waals surface area (Å²) >= 11 is 6.15. The topological polar surface area (TPSA) is 112 Å². The van der Waals surface area contributed by atoms with Crippen LogP contribution in [-0.4, -0.2) is 73.5 Å². The molecule has 0 fully saturated rings. The molecular weight excluding hydrogens is 601 g/mol. The maximum atomic E-state index is 14.1. The van der Waals surface area contributed by atoms with Crippen molar-refractivity contribution in [2.45, 2.75) is 44.9 Å². The van der Waals surface area contributed by atoms with Crippen LogP contribution < -0.4 is 5.32 Å². The summed E-state index contributed by atoms with van der Waals surface area (Å²) in [5, 5.41) is 32.9. The van der Waals surface area contributed by atoms with E-state index in [0.29, 0.717) is 38.7 Å². The molecule has 0 unspecified atom stereocenters. The summed E-state index contributed by atoms with van der Waals surface area (Å²) < 4.78 is 29.8. The van der Waals surface area contributed by atoms with E-state index < -0.39 is 42.1 Å². The normalized spacial score (nSPS) is 12.6. The van der Waals surface area contributed by atoms with Gasteiger partial charge in [0.25, 0.3) is 5.91 Å². The predicted molar refractivity (Wildman–Crippen MR) is 170 cm³/mol. The Morgan fingerprint density at radius 1 is 0.932 bits per heavy atom. The number of aliphatic carboxylic acids is 1. The number of nitrogens with one attached hydrogen (secondary N) is 1. The maximum absolute atomic E-state index is 14.1. The molecule has 0 saturated heterocycles. The molecule has 1 aromatic heterocycles. The van der Waals surface area contributed by atoms with E-state index in [0.717, 1.165) is 0 Å². The zero-order valence-corrected chi connectivity index (χ0v) is 24.2. The molecule has 0 aliphatic heterocycles. The van der Waals surface area contributed by atoms with Crippen LogP contribution in [0.2, 0.25) is 5.02 Å². The third kappa shape index (κ3) is 8.65. The molecule has 0 aliphatic rings. The monoisotopic (exact) mass is 632 g/mol. The molecule has 0 saturated carbocycles. The van der Waals surface area contributed by atoms with Gasteiger partial charge in [0.2, 0.25) is 0 Å². The van der Waals surface area contributed by atoms with Gasteiger partial charge in [-0.3, -0.25) is 9.59 Å². The van der Waals surface area contributed by atoms with Crippen molar-refractivity contribution >= 4 is 64.8 Å². The molecule has 2 atom stereocenters. The molecule has 226 valence electrons. The third-order valence-electron chi connectivity index (χ3n) is 6.72. The Morgan fingerprint density at radius 3 is 2.02 bits per heavy atom. The Hall–Kier alpha value is -3.31. The van der Waals surface area contributed by atoms with Crippen LogP contribution in [0.3, 0.4) is 0 Å². The van der Waals surface area contributed by atoms with E-state index in [1.807, 2.05) is 13.8 Å². The first-order chi connectivity index (χ1) is 20.4. The number of carbonyl (C=O) groups is 2. The van der Waals surface area contributed by atoms with Gasteiger partial charge in [0.1, 0.15) is 17.3 Å². The van der Waals surface area contributed by atoms with Crippen LogP contribution in [0.4, 0.5) is 14.5 Å². The zero-order chi connectivity index (χ0) is 31.3. The molecule has 0 spiro atoms. The minimum absolute atomic E-state index is 0. The van der Waals surface area contributed by atoms with Crippen molar-refractivity contribution in [3.8, 4) is 22.3 Å². The molecule has 7 nitrogen and oxygen atoms in total. The summed E-state index contributed by atoms with van der Waals surface area (Å²) in [6, 6.07) is 17.7. The fraction of sp³-hybridized carbons (Fsp3) is 0.212. The number of aliphatic hydroxyl groups is 2. The first-order valence-electron chi connectivity index (χ1n) is 13.6. The van der Waals surface area contributed by atoms with Gasteiger partial charge in [-0.2, -0.15) is 0 Å². The first-order valence-corrected chi connectivity index (χ1v) is 14.0. The number of aliphatic hydroxyl groups excluding tert-OH is 2. The standard InChI is InChI=1S/C33H31ClF2N2O5.Na.H/c1-19(2)38-28(15-14-26(39)17-27(40)18-29(41)42)30(20-6-10-23(35)11-7-20)31(21-8-12-24(36)13-9-21)32(38)33(43)37-25-5-3-4-22(34)16-25;;/h3-16,19,26-27,39-40H,17-18H2,1-2H3,(H,37,43)(H,41,42);;/t26-,27-;;/m1../s1. The molecule has 4 aromatic rings. The SMILES string of the molecule is CC(C)n1c(C=C[C@@H](O)C[C@@H](O)CC(=O)O)c(-c2ccc(F)cc2)c(-c2ccc(F)cc2)c1C(=O)Nc1cccc(Cl)c1.[NaH]. The van der Waals surface area contributed by atoms with Crippen molar-refractivity contribution in [3.63, 3.8) is 0 Å². The number of halogens is 3. The van der Waals surface area contributed by atoms with Gasteiger partial charge in [-0.1, -0.05) is 48.0 Å². The number of amides is 1. The second kappa shape index (κ2) is 15.6. The minimum atomic E-state index is -1.28. The van der Waals surface area contributed by atoms with Crippen LogP contribution in [0.15, 0.2) is 78.9 Å². The Balaban J connectivity index is 0.00000529. The average Bonchev–Trinajstić information content (AvgIpc) is 3.28. The van der Waals surface area contributed by atoms with Crippen molar-refractivity contribution in [2.75, 3.05) is 5.32 Å². The first kappa shape index (κ1) is 35.2. The van der Waals surface area contributed by atoms with E-state index in [9.17, 15) is 28.6 Å². The average molecular weight is 633 g/mol. The number of aromatic nitrogens is 1. The summed E-state index contributed by atoms with van der Waals surface area (Å²) in [7, 11) is 0. The molecule has 0 aliphatic carbocycles. The van der Waals surface area contributed by atoms with Gasteiger partial charge in [-0.25, -0.2) is 8.78 Å². The van der Waals surface area contributed by atoms with E-state index >= 15 is 0 Å². The molecule has 0 radical (unpaired) electrons. The van der Waals surface area contributed by atoms with Crippen molar-refractivity contribution in [1.82, 2.24) is 4.57 Å². The van der Waals surface area contributed by atoms with E-state index in [1.54, 1.807) is 59.2 Å². The Labute approximate surface area is 281 Å². The van der Waals surface area contributed by atoms with E-state index in [-0.39, 0.29) is 47.7 Å². The van der Waals surface area contributed by atoms with Crippen molar-refractivity contribution in [3.05, 3.63) is 107 Å². The number of benzene rings is 3. The summed E-state index contributed by atoms with van der Waals surface area (Å²) in [5.74, 6) is -2.62. The fourth-order valence-electron chi connectivity index (χ4n) is 4.94. The van der Waals surface area contributed by atoms with Crippen LogP contribution in [0.25, 0.3) is 28.3 Å². The van der Waals surface area contributed by atoms with Crippen LogP contribution in [-0.2, 0) is 4.79 Å². The summed E-state index contributed by atoms with van der Waals surface area (Å²) in [6.45, 7) is 3.73. The number of carbonyl (C=O) groups excluding carboxylic acids is 1. The van der Waals surface area contributed by atoms with Gasteiger partial charge < -0.3 is 25.2 Å². The Bertz CT molecular complexity index is 1640. The van der Waals surface area contributed by atoms with Gasteiger partial charge in [-0.15, -0.1) is 0 Å². The number of nitrogens with zero attached hydrogens (tertiary/aromatic N) is 1. The van der Waals surface area contributed by atoms with E-state index in [2.05, 4.69) is 5.32 Å². The van der Waals surface area contributed by atoms with Gasteiger partial charge in [-0.05, 0) is 73.5 Å². The number of hydrogen-bond acceptors (Lipinski definition) is 4. The van der Waals surface area contributed by atoms with Gasteiger partial charge in [0, 0.05) is 40.0 Å². The van der Waals surface area contributed by atoms with Gasteiger partial charge in [0.05, 0.1) is 18.6 Å². The number of anilines is 1. The molecule has 1 amide bonds. The van der Waals surface area contributed by atoms with Gasteiger partial charge in [0.15, 0.2) is 0 Å². The summed E-state index contributed by atoms with van der Waals surface area (Å²) in [6.07, 6.45) is -0.275. The second-order valence-corrected chi connectivity index (χ2v) is 10.8. The van der Waals surface area contributed by atoms with Crippen LogP contribution in [0, 0.1) is 11.6 Å².